The molecule has 11 heteroatoms. The van der Waals surface area contributed by atoms with Crippen LogP contribution in [0, 0.1) is 5.82 Å². The van der Waals surface area contributed by atoms with Crippen molar-refractivity contribution in [3.8, 4) is 34.5 Å². The summed E-state index contributed by atoms with van der Waals surface area (Å²) in [6.07, 6.45) is -4.08. The molecule has 0 aliphatic heterocycles. The van der Waals surface area contributed by atoms with Gasteiger partial charge in [0.2, 0.25) is 11.8 Å². The molecule has 0 amide bonds. The molecule has 140 valence electrons. The molecule has 27 heavy (non-hydrogen) atoms. The molecule has 0 aliphatic rings. The van der Waals surface area contributed by atoms with E-state index in [2.05, 4.69) is 19.9 Å². The molecule has 3 rings (SSSR count). The van der Waals surface area contributed by atoms with E-state index in [1.165, 1.54) is 31.4 Å². The highest BCUT2D eigenvalue weighted by Gasteiger charge is 2.42. The smallest absolute Gasteiger partial charge is 0.491 e. The SMILES string of the molecule is COc1ccc(-c2nnc(-c3cccnc3OC(=O)C(F)(F)F)o2)cc1F. The van der Waals surface area contributed by atoms with Gasteiger partial charge in [0.15, 0.2) is 11.6 Å². The van der Waals surface area contributed by atoms with Crippen LogP contribution in [0.1, 0.15) is 0 Å². The molecule has 2 aromatic heterocycles. The number of carbonyl (C=O) groups excluding carboxylic acids is 1. The number of hydrogen-bond donors (Lipinski definition) is 0. The fourth-order valence-corrected chi connectivity index (χ4v) is 2.03. The van der Waals surface area contributed by atoms with Crippen LogP contribution in [0.25, 0.3) is 22.9 Å². The summed E-state index contributed by atoms with van der Waals surface area (Å²) in [7, 11) is 1.30. The highest BCUT2D eigenvalue weighted by Crippen LogP contribution is 2.31. The van der Waals surface area contributed by atoms with E-state index in [0.717, 1.165) is 12.3 Å². The lowest BCUT2D eigenvalue weighted by Gasteiger charge is -2.07. The van der Waals surface area contributed by atoms with Crippen LogP contribution in [0.3, 0.4) is 0 Å². The minimum absolute atomic E-state index is 0.00657. The van der Waals surface area contributed by atoms with Crippen molar-refractivity contribution in [1.29, 1.82) is 0 Å². The lowest BCUT2D eigenvalue weighted by atomic mass is 10.2. The van der Waals surface area contributed by atoms with Crippen molar-refractivity contribution in [3.05, 3.63) is 42.3 Å². The first kappa shape index (κ1) is 18.3. The third-order valence-corrected chi connectivity index (χ3v) is 3.25. The Morgan fingerprint density at radius 3 is 2.56 bits per heavy atom. The molecule has 0 atom stereocenters. The van der Waals surface area contributed by atoms with Crippen molar-refractivity contribution in [3.63, 3.8) is 0 Å². The number of pyridine rings is 1. The number of aromatic nitrogens is 3. The van der Waals surface area contributed by atoms with E-state index in [9.17, 15) is 22.4 Å². The van der Waals surface area contributed by atoms with Crippen LogP contribution in [-0.2, 0) is 4.79 Å². The van der Waals surface area contributed by atoms with Gasteiger partial charge in [-0.15, -0.1) is 10.2 Å². The van der Waals surface area contributed by atoms with E-state index < -0.39 is 23.8 Å². The number of methoxy groups -OCH3 is 1. The summed E-state index contributed by atoms with van der Waals surface area (Å²) < 4.78 is 65.4. The number of carbonyl (C=O) groups is 1. The molecule has 1 aromatic carbocycles. The zero-order valence-electron chi connectivity index (χ0n) is 13.5. The zero-order valence-corrected chi connectivity index (χ0v) is 13.5. The first-order chi connectivity index (χ1) is 12.8. The van der Waals surface area contributed by atoms with Crippen molar-refractivity contribution in [2.24, 2.45) is 0 Å². The van der Waals surface area contributed by atoms with Crippen LogP contribution in [0.2, 0.25) is 0 Å². The summed E-state index contributed by atoms with van der Waals surface area (Å²) in [5.74, 6) is -4.14. The summed E-state index contributed by atoms with van der Waals surface area (Å²) in [6, 6.07) is 6.53. The fourth-order valence-electron chi connectivity index (χ4n) is 2.03. The summed E-state index contributed by atoms with van der Waals surface area (Å²) in [5, 5.41) is 7.40. The highest BCUT2D eigenvalue weighted by molar-refractivity contribution is 5.79. The van der Waals surface area contributed by atoms with Crippen molar-refractivity contribution in [2.45, 2.75) is 6.18 Å². The second kappa shape index (κ2) is 7.02. The minimum atomic E-state index is -5.20. The Morgan fingerprint density at radius 2 is 1.89 bits per heavy atom. The van der Waals surface area contributed by atoms with E-state index >= 15 is 0 Å². The van der Waals surface area contributed by atoms with Gasteiger partial charge in [-0.05, 0) is 30.3 Å². The molecule has 2 heterocycles. The first-order valence-corrected chi connectivity index (χ1v) is 7.21. The fraction of sp³-hybridized carbons (Fsp3) is 0.125. The van der Waals surface area contributed by atoms with Gasteiger partial charge in [-0.3, -0.25) is 0 Å². The van der Waals surface area contributed by atoms with Gasteiger partial charge < -0.3 is 13.9 Å². The maximum Gasteiger partial charge on any atom is 0.491 e. The third-order valence-electron chi connectivity index (χ3n) is 3.25. The number of halogens is 4. The monoisotopic (exact) mass is 383 g/mol. The average molecular weight is 383 g/mol. The Hall–Kier alpha value is -3.50. The molecule has 0 unspecified atom stereocenters. The highest BCUT2D eigenvalue weighted by atomic mass is 19.4. The molecule has 0 N–H and O–H groups in total. The number of ether oxygens (including phenoxy) is 2. The van der Waals surface area contributed by atoms with Gasteiger partial charge in [0.1, 0.15) is 5.56 Å². The van der Waals surface area contributed by atoms with E-state index in [1.807, 2.05) is 0 Å². The number of alkyl halides is 3. The number of esters is 1. The summed E-state index contributed by atoms with van der Waals surface area (Å²) in [6.45, 7) is 0. The number of hydrogen-bond acceptors (Lipinski definition) is 7. The van der Waals surface area contributed by atoms with Gasteiger partial charge in [0.25, 0.3) is 5.89 Å². The van der Waals surface area contributed by atoms with Crippen molar-refractivity contribution < 1.29 is 36.2 Å². The topological polar surface area (TPSA) is 87.3 Å². The second-order valence-corrected chi connectivity index (χ2v) is 5.01. The molecule has 3 aromatic rings. The quantitative estimate of drug-likeness (QED) is 0.504. The van der Waals surface area contributed by atoms with Crippen LogP contribution in [-0.4, -0.2) is 34.4 Å². The first-order valence-electron chi connectivity index (χ1n) is 7.21. The Balaban J connectivity index is 1.93. The predicted molar refractivity (Wildman–Crippen MR) is 81.2 cm³/mol. The molecular formula is C16H9F4N3O4. The van der Waals surface area contributed by atoms with Crippen LogP contribution in [0.4, 0.5) is 17.6 Å². The van der Waals surface area contributed by atoms with Crippen molar-refractivity contribution in [1.82, 2.24) is 15.2 Å². The molecule has 0 saturated heterocycles. The zero-order chi connectivity index (χ0) is 19.6. The predicted octanol–water partition coefficient (Wildman–Crippen LogP) is 3.41. The molecule has 0 bridgehead atoms. The Morgan fingerprint density at radius 1 is 1.15 bits per heavy atom. The van der Waals surface area contributed by atoms with Gasteiger partial charge in [-0.2, -0.15) is 13.2 Å². The van der Waals surface area contributed by atoms with E-state index in [-0.39, 0.29) is 28.7 Å². The molecule has 7 nitrogen and oxygen atoms in total. The summed E-state index contributed by atoms with van der Waals surface area (Å²) in [4.78, 5) is 14.6. The molecule has 0 aliphatic carbocycles. The minimum Gasteiger partial charge on any atom is -0.494 e. The molecule has 0 spiro atoms. The lowest BCUT2D eigenvalue weighted by Crippen LogP contribution is -2.28. The van der Waals surface area contributed by atoms with Crippen molar-refractivity contribution >= 4 is 5.97 Å². The molecular weight excluding hydrogens is 374 g/mol. The van der Waals surface area contributed by atoms with Gasteiger partial charge in [0.05, 0.1) is 7.11 Å². The average Bonchev–Trinajstić information content (AvgIpc) is 3.11. The van der Waals surface area contributed by atoms with Gasteiger partial charge in [-0.1, -0.05) is 0 Å². The molecule has 0 saturated carbocycles. The Bertz CT molecular complexity index is 988. The lowest BCUT2D eigenvalue weighted by molar-refractivity contribution is -0.189. The third kappa shape index (κ3) is 3.86. The van der Waals surface area contributed by atoms with Gasteiger partial charge in [-0.25, -0.2) is 14.2 Å². The molecule has 0 fully saturated rings. The van der Waals surface area contributed by atoms with Crippen LogP contribution >= 0.6 is 0 Å². The molecule has 0 radical (unpaired) electrons. The van der Waals surface area contributed by atoms with Gasteiger partial charge in [0, 0.05) is 11.8 Å². The van der Waals surface area contributed by atoms with Crippen LogP contribution in [0.5, 0.6) is 11.6 Å². The van der Waals surface area contributed by atoms with Crippen LogP contribution in [0.15, 0.2) is 40.9 Å². The summed E-state index contributed by atoms with van der Waals surface area (Å²) >= 11 is 0. The van der Waals surface area contributed by atoms with Gasteiger partial charge >= 0.3 is 12.1 Å². The van der Waals surface area contributed by atoms with Crippen LogP contribution < -0.4 is 9.47 Å². The second-order valence-electron chi connectivity index (χ2n) is 5.01. The number of rotatable bonds is 4. The standard InChI is InChI=1S/C16H9F4N3O4/c1-25-11-5-4-8(7-10(11)17)12-22-23-14(26-12)9-3-2-6-21-13(9)27-15(24)16(18,19)20/h2-7H,1H3. The summed E-state index contributed by atoms with van der Waals surface area (Å²) in [5.41, 5.74) is 0.0765. The van der Waals surface area contributed by atoms with E-state index in [0.29, 0.717) is 0 Å². The number of nitrogens with zero attached hydrogens (tertiary/aromatic N) is 3. The maximum atomic E-state index is 13.8. The van der Waals surface area contributed by atoms with Crippen molar-refractivity contribution in [2.75, 3.05) is 7.11 Å². The van der Waals surface area contributed by atoms with E-state index in [4.69, 9.17) is 9.15 Å². The number of benzene rings is 1. The largest absolute Gasteiger partial charge is 0.494 e. The maximum absolute atomic E-state index is 13.8. The van der Waals surface area contributed by atoms with E-state index in [1.54, 1.807) is 0 Å². The normalized spacial score (nSPS) is 11.3. The Labute approximate surface area is 148 Å². The Kier molecular flexibility index (Phi) is 4.75.